The maximum absolute atomic E-state index is 13.8. The number of halogens is 5. The summed E-state index contributed by atoms with van der Waals surface area (Å²) in [5.74, 6) is -4.19. The van der Waals surface area contributed by atoms with Crippen LogP contribution in [0.25, 0.3) is 0 Å². The van der Waals surface area contributed by atoms with Gasteiger partial charge in [-0.05, 0) is 13.0 Å². The molecule has 0 saturated carbocycles. The molecule has 4 atom stereocenters. The number of hydrogen-bond donors (Lipinski definition) is 1. The Morgan fingerprint density at radius 2 is 1.91 bits per heavy atom. The standard InChI is InChI=1S/C14H13F5O3/c1-6-12(2,14(17,18)19)22-11(20)13(6)5-21-10-7(13)3-4-8(15)9(10)16/h3-4,6,11,20H,5H2,1-2H3/t6-,11?,12-,13+/m1/s1. The van der Waals surface area contributed by atoms with Gasteiger partial charge in [0.25, 0.3) is 0 Å². The van der Waals surface area contributed by atoms with Crippen molar-refractivity contribution in [2.24, 2.45) is 5.92 Å². The monoisotopic (exact) mass is 324 g/mol. The Labute approximate surface area is 122 Å². The van der Waals surface area contributed by atoms with Crippen molar-refractivity contribution in [2.75, 3.05) is 6.61 Å². The predicted molar refractivity (Wildman–Crippen MR) is 64.2 cm³/mol. The first kappa shape index (κ1) is 15.5. The van der Waals surface area contributed by atoms with Crippen LogP contribution < -0.4 is 4.74 Å². The zero-order valence-electron chi connectivity index (χ0n) is 11.7. The van der Waals surface area contributed by atoms with Crippen molar-refractivity contribution in [3.63, 3.8) is 0 Å². The van der Waals surface area contributed by atoms with Gasteiger partial charge in [0.05, 0.1) is 5.41 Å². The van der Waals surface area contributed by atoms with Gasteiger partial charge in [-0.1, -0.05) is 13.0 Å². The number of alkyl halides is 3. The smallest absolute Gasteiger partial charge is 0.417 e. The molecule has 1 aromatic carbocycles. The molecule has 1 fully saturated rings. The minimum atomic E-state index is -4.74. The van der Waals surface area contributed by atoms with Gasteiger partial charge in [0, 0.05) is 11.5 Å². The number of hydrogen-bond acceptors (Lipinski definition) is 3. The van der Waals surface area contributed by atoms with Crippen molar-refractivity contribution in [2.45, 2.75) is 37.3 Å². The second kappa shape index (κ2) is 4.32. The molecular weight excluding hydrogens is 311 g/mol. The van der Waals surface area contributed by atoms with Gasteiger partial charge in [-0.2, -0.15) is 17.6 Å². The van der Waals surface area contributed by atoms with Crippen LogP contribution in [0.4, 0.5) is 22.0 Å². The summed E-state index contributed by atoms with van der Waals surface area (Å²) in [7, 11) is 0. The first-order valence-electron chi connectivity index (χ1n) is 6.59. The average Bonchev–Trinajstić information content (AvgIpc) is 2.89. The topological polar surface area (TPSA) is 38.7 Å². The molecule has 2 aliphatic heterocycles. The molecule has 3 nitrogen and oxygen atoms in total. The maximum Gasteiger partial charge on any atom is 0.417 e. The average molecular weight is 324 g/mol. The molecule has 2 heterocycles. The molecular formula is C14H13F5O3. The summed E-state index contributed by atoms with van der Waals surface area (Å²) in [6.45, 7) is 1.66. The Bertz CT molecular complexity index is 632. The van der Waals surface area contributed by atoms with E-state index in [1.54, 1.807) is 0 Å². The van der Waals surface area contributed by atoms with E-state index in [1.807, 2.05) is 0 Å². The Kier molecular flexibility index (Phi) is 3.04. The molecule has 3 rings (SSSR count). The van der Waals surface area contributed by atoms with Gasteiger partial charge in [-0.3, -0.25) is 0 Å². The van der Waals surface area contributed by atoms with Crippen LogP contribution in [0.1, 0.15) is 19.4 Å². The lowest BCUT2D eigenvalue weighted by Gasteiger charge is -2.34. The van der Waals surface area contributed by atoms with Crippen molar-refractivity contribution in [3.8, 4) is 5.75 Å². The highest BCUT2D eigenvalue weighted by molar-refractivity contribution is 5.48. The number of benzene rings is 1. The van der Waals surface area contributed by atoms with Gasteiger partial charge < -0.3 is 14.6 Å². The van der Waals surface area contributed by atoms with Gasteiger partial charge in [0.15, 0.2) is 23.5 Å². The number of ether oxygens (including phenoxy) is 2. The van der Waals surface area contributed by atoms with Crippen LogP contribution in [0.5, 0.6) is 5.75 Å². The van der Waals surface area contributed by atoms with E-state index in [4.69, 9.17) is 9.47 Å². The third kappa shape index (κ3) is 1.62. The van der Waals surface area contributed by atoms with E-state index in [2.05, 4.69) is 0 Å². The third-order valence-electron chi connectivity index (χ3n) is 4.97. The summed E-state index contributed by atoms with van der Waals surface area (Å²) in [6.07, 6.45) is -6.58. The summed E-state index contributed by atoms with van der Waals surface area (Å²) in [4.78, 5) is 0. The Morgan fingerprint density at radius 1 is 1.27 bits per heavy atom. The molecule has 122 valence electrons. The van der Waals surface area contributed by atoms with Crippen LogP contribution in [-0.2, 0) is 10.2 Å². The normalized spacial score (nSPS) is 37.5. The summed E-state index contributed by atoms with van der Waals surface area (Å²) in [6, 6.07) is 1.93. The molecule has 0 aliphatic carbocycles. The molecule has 0 amide bonds. The number of fused-ring (bicyclic) bond motifs is 2. The van der Waals surface area contributed by atoms with Crippen LogP contribution in [0.2, 0.25) is 0 Å². The number of aliphatic hydroxyl groups excluding tert-OH is 1. The van der Waals surface area contributed by atoms with Gasteiger partial charge in [0.1, 0.15) is 6.61 Å². The maximum atomic E-state index is 13.8. The highest BCUT2D eigenvalue weighted by atomic mass is 19.4. The molecule has 0 bridgehead atoms. The van der Waals surface area contributed by atoms with E-state index in [0.717, 1.165) is 19.1 Å². The van der Waals surface area contributed by atoms with E-state index in [0.29, 0.717) is 0 Å². The van der Waals surface area contributed by atoms with E-state index in [9.17, 15) is 27.1 Å². The van der Waals surface area contributed by atoms with Crippen LogP contribution >= 0.6 is 0 Å². The molecule has 0 aromatic heterocycles. The predicted octanol–water partition coefficient (Wildman–Crippen LogP) is 2.90. The Hall–Kier alpha value is -1.41. The highest BCUT2D eigenvalue weighted by Crippen LogP contribution is 2.59. The van der Waals surface area contributed by atoms with E-state index in [-0.39, 0.29) is 5.56 Å². The quantitative estimate of drug-likeness (QED) is 0.746. The van der Waals surface area contributed by atoms with Crippen LogP contribution in [0.15, 0.2) is 12.1 Å². The molecule has 1 spiro atoms. The molecule has 1 saturated heterocycles. The molecule has 1 aromatic rings. The van der Waals surface area contributed by atoms with E-state index in [1.165, 1.54) is 6.92 Å². The molecule has 22 heavy (non-hydrogen) atoms. The highest BCUT2D eigenvalue weighted by Gasteiger charge is 2.72. The van der Waals surface area contributed by atoms with E-state index >= 15 is 0 Å². The van der Waals surface area contributed by atoms with Crippen molar-refractivity contribution in [3.05, 3.63) is 29.3 Å². The van der Waals surface area contributed by atoms with Crippen molar-refractivity contribution >= 4 is 0 Å². The van der Waals surface area contributed by atoms with Crippen LogP contribution in [0, 0.1) is 17.6 Å². The largest absolute Gasteiger partial charge is 0.489 e. The van der Waals surface area contributed by atoms with Crippen molar-refractivity contribution < 1.29 is 36.5 Å². The lowest BCUT2D eigenvalue weighted by molar-refractivity contribution is -0.292. The molecule has 1 N–H and O–H groups in total. The fourth-order valence-corrected chi connectivity index (χ4v) is 3.33. The summed E-state index contributed by atoms with van der Waals surface area (Å²) >= 11 is 0. The Balaban J connectivity index is 2.17. The first-order chi connectivity index (χ1) is 10.1. The third-order valence-corrected chi connectivity index (χ3v) is 4.97. The van der Waals surface area contributed by atoms with Gasteiger partial charge in [0.2, 0.25) is 5.82 Å². The summed E-state index contributed by atoms with van der Waals surface area (Å²) in [5.41, 5.74) is -4.24. The van der Waals surface area contributed by atoms with Crippen molar-refractivity contribution in [1.82, 2.24) is 0 Å². The molecule has 8 heteroatoms. The summed E-state index contributed by atoms with van der Waals surface area (Å²) < 4.78 is 76.9. The summed E-state index contributed by atoms with van der Waals surface area (Å²) in [5, 5.41) is 10.1. The second-order valence-corrected chi connectivity index (χ2v) is 5.86. The Morgan fingerprint density at radius 3 is 2.45 bits per heavy atom. The fraction of sp³-hybridized carbons (Fsp3) is 0.571. The van der Waals surface area contributed by atoms with Crippen LogP contribution in [-0.4, -0.2) is 29.8 Å². The SMILES string of the molecule is C[C@H]1[C@]2(COc3c2ccc(F)c3F)C(O)O[C@@]1(C)C(F)(F)F. The zero-order valence-corrected chi connectivity index (χ0v) is 11.7. The van der Waals surface area contributed by atoms with E-state index < -0.39 is 53.4 Å². The minimum absolute atomic E-state index is 0.0145. The zero-order chi connectivity index (χ0) is 16.5. The van der Waals surface area contributed by atoms with Gasteiger partial charge in [-0.15, -0.1) is 0 Å². The minimum Gasteiger partial charge on any atom is -0.489 e. The lowest BCUT2D eigenvalue weighted by Crippen LogP contribution is -2.50. The molecule has 2 aliphatic rings. The second-order valence-electron chi connectivity index (χ2n) is 5.86. The van der Waals surface area contributed by atoms with Gasteiger partial charge in [-0.25, -0.2) is 4.39 Å². The van der Waals surface area contributed by atoms with Gasteiger partial charge >= 0.3 is 6.18 Å². The van der Waals surface area contributed by atoms with Crippen LogP contribution in [0.3, 0.4) is 0 Å². The lowest BCUT2D eigenvalue weighted by atomic mass is 9.68. The molecule has 0 radical (unpaired) electrons. The number of rotatable bonds is 0. The molecule has 1 unspecified atom stereocenters. The fourth-order valence-electron chi connectivity index (χ4n) is 3.33. The van der Waals surface area contributed by atoms with Crippen molar-refractivity contribution in [1.29, 1.82) is 0 Å². The first-order valence-corrected chi connectivity index (χ1v) is 6.59. The number of aliphatic hydroxyl groups is 1.